The van der Waals surface area contributed by atoms with Crippen molar-refractivity contribution >= 4 is 28.8 Å². The fraction of sp³-hybridized carbons (Fsp3) is 0.179. The number of allylic oxidation sites excluding steroid dienone is 1. The van der Waals surface area contributed by atoms with E-state index in [0.29, 0.717) is 50.4 Å². The third kappa shape index (κ3) is 4.47. The molecule has 1 unspecified atom stereocenters. The van der Waals surface area contributed by atoms with Crippen LogP contribution in [-0.2, 0) is 6.42 Å². The van der Waals surface area contributed by atoms with Crippen molar-refractivity contribution in [3.05, 3.63) is 111 Å². The maximum Gasteiger partial charge on any atom is 0.146 e. The molecule has 1 aliphatic rings. The first-order valence-electron chi connectivity index (χ1n) is 11.2. The van der Waals surface area contributed by atoms with Crippen molar-refractivity contribution in [1.82, 2.24) is 5.16 Å². The zero-order valence-electron chi connectivity index (χ0n) is 19.1. The van der Waals surface area contributed by atoms with Gasteiger partial charge in [-0.1, -0.05) is 72.5 Å². The third-order valence-corrected chi connectivity index (χ3v) is 6.71. The van der Waals surface area contributed by atoms with Crippen LogP contribution in [0.1, 0.15) is 53.9 Å². The average Bonchev–Trinajstić information content (AvgIpc) is 3.28. The first-order valence-corrected chi connectivity index (χ1v) is 12.0. The number of aromatic nitrogens is 1. The van der Waals surface area contributed by atoms with Crippen molar-refractivity contribution in [2.24, 2.45) is 0 Å². The Morgan fingerprint density at radius 1 is 1.00 bits per heavy atom. The Kier molecular flexibility index (Phi) is 6.41. The van der Waals surface area contributed by atoms with Gasteiger partial charge in [-0.05, 0) is 52.6 Å². The summed E-state index contributed by atoms with van der Waals surface area (Å²) in [6.07, 6.45) is 1.25. The van der Waals surface area contributed by atoms with Gasteiger partial charge in [0.2, 0.25) is 0 Å². The normalized spacial score (nSPS) is 13.9. The van der Waals surface area contributed by atoms with Crippen LogP contribution < -0.4 is 4.74 Å². The smallest absolute Gasteiger partial charge is 0.146 e. The van der Waals surface area contributed by atoms with Gasteiger partial charge in [0.15, 0.2) is 0 Å². The summed E-state index contributed by atoms with van der Waals surface area (Å²) in [5, 5.41) is 16.6. The van der Waals surface area contributed by atoms with Crippen molar-refractivity contribution in [1.29, 1.82) is 0 Å². The van der Waals surface area contributed by atoms with Crippen LogP contribution in [0.5, 0.6) is 5.75 Å². The number of fused-ring (bicyclic) bond motifs is 1. The van der Waals surface area contributed by atoms with Gasteiger partial charge in [0.1, 0.15) is 29.1 Å². The number of hydrogen-bond donors (Lipinski definition) is 1. The first kappa shape index (κ1) is 23.6. The number of aliphatic hydroxyl groups excluding tert-OH is 1. The SMILES string of the molecule is CC(C)c1onc(-c2c(Cl)cccc2Cl)c1C(O)c1ccc2c(c1)OC=C(c1ccc(F)cc1)C2. The quantitative estimate of drug-likeness (QED) is 0.296. The molecule has 35 heavy (non-hydrogen) atoms. The predicted molar refractivity (Wildman–Crippen MR) is 135 cm³/mol. The summed E-state index contributed by atoms with van der Waals surface area (Å²) in [7, 11) is 0. The Labute approximate surface area is 212 Å². The Morgan fingerprint density at radius 3 is 2.40 bits per heavy atom. The minimum Gasteiger partial charge on any atom is -0.464 e. The summed E-state index contributed by atoms with van der Waals surface area (Å²) in [5.41, 5.74) is 4.88. The number of benzene rings is 3. The van der Waals surface area contributed by atoms with Gasteiger partial charge in [0, 0.05) is 17.9 Å². The average molecular weight is 510 g/mol. The van der Waals surface area contributed by atoms with Crippen LogP contribution in [0.3, 0.4) is 0 Å². The predicted octanol–water partition coefficient (Wildman–Crippen LogP) is 7.97. The van der Waals surface area contributed by atoms with Gasteiger partial charge in [-0.3, -0.25) is 0 Å². The molecule has 0 aliphatic carbocycles. The number of rotatable bonds is 5. The van der Waals surface area contributed by atoms with Gasteiger partial charge in [-0.15, -0.1) is 0 Å². The highest BCUT2D eigenvalue weighted by atomic mass is 35.5. The van der Waals surface area contributed by atoms with Gasteiger partial charge >= 0.3 is 0 Å². The van der Waals surface area contributed by atoms with E-state index < -0.39 is 6.10 Å². The fourth-order valence-electron chi connectivity index (χ4n) is 4.27. The lowest BCUT2D eigenvalue weighted by molar-refractivity contribution is 0.216. The molecule has 0 spiro atoms. The summed E-state index contributed by atoms with van der Waals surface area (Å²) in [4.78, 5) is 0. The number of halogens is 3. The van der Waals surface area contributed by atoms with Crippen molar-refractivity contribution in [2.45, 2.75) is 32.3 Å². The fourth-order valence-corrected chi connectivity index (χ4v) is 4.85. The van der Waals surface area contributed by atoms with Crippen molar-refractivity contribution in [2.75, 3.05) is 0 Å². The number of hydrogen-bond acceptors (Lipinski definition) is 4. The maximum atomic E-state index is 13.3. The molecule has 2 heterocycles. The van der Waals surface area contributed by atoms with Crippen LogP contribution in [0.15, 0.2) is 71.4 Å². The molecule has 0 radical (unpaired) electrons. The van der Waals surface area contributed by atoms with Crippen molar-refractivity contribution in [3.8, 4) is 17.0 Å². The molecule has 1 aromatic heterocycles. The standard InChI is InChI=1S/C28H22Cl2FNO3/c1-15(2)28-25(26(32-35-28)24-21(29)4-3-5-22(24)30)27(33)18-7-6-17-12-19(14-34-23(17)13-18)16-8-10-20(31)11-9-16/h3-11,13-15,27,33H,12H2,1-2H3. The molecule has 0 saturated carbocycles. The highest BCUT2D eigenvalue weighted by molar-refractivity contribution is 6.39. The van der Waals surface area contributed by atoms with Crippen LogP contribution in [0.25, 0.3) is 16.8 Å². The minimum absolute atomic E-state index is 0.0303. The van der Waals surface area contributed by atoms with Crippen LogP contribution >= 0.6 is 23.2 Å². The van der Waals surface area contributed by atoms with Crippen molar-refractivity contribution in [3.63, 3.8) is 0 Å². The molecule has 1 atom stereocenters. The lowest BCUT2D eigenvalue weighted by Crippen LogP contribution is -2.07. The number of ether oxygens (including phenoxy) is 1. The van der Waals surface area contributed by atoms with E-state index in [1.54, 1.807) is 36.6 Å². The van der Waals surface area contributed by atoms with Crippen LogP contribution in [-0.4, -0.2) is 10.3 Å². The van der Waals surface area contributed by atoms with Gasteiger partial charge in [0.05, 0.1) is 21.9 Å². The molecule has 178 valence electrons. The van der Waals surface area contributed by atoms with E-state index in [0.717, 1.165) is 16.7 Å². The van der Waals surface area contributed by atoms with E-state index in [-0.39, 0.29) is 11.7 Å². The second-order valence-corrected chi connectivity index (χ2v) is 9.59. The van der Waals surface area contributed by atoms with Gasteiger partial charge in [-0.2, -0.15) is 0 Å². The molecule has 3 aromatic carbocycles. The summed E-state index contributed by atoms with van der Waals surface area (Å²) < 4.78 is 24.9. The summed E-state index contributed by atoms with van der Waals surface area (Å²) in [6, 6.07) is 17.1. The van der Waals surface area contributed by atoms with E-state index in [1.807, 2.05) is 32.0 Å². The van der Waals surface area contributed by atoms with Gasteiger partial charge in [0.25, 0.3) is 0 Å². The molecule has 0 fully saturated rings. The van der Waals surface area contributed by atoms with Crippen LogP contribution in [0, 0.1) is 5.82 Å². The topological polar surface area (TPSA) is 55.5 Å². The Morgan fingerprint density at radius 2 is 1.71 bits per heavy atom. The first-order chi connectivity index (χ1) is 16.8. The third-order valence-electron chi connectivity index (χ3n) is 6.08. The monoisotopic (exact) mass is 509 g/mol. The molecular formula is C28H22Cl2FNO3. The van der Waals surface area contributed by atoms with Gasteiger partial charge in [-0.25, -0.2) is 4.39 Å². The lowest BCUT2D eigenvalue weighted by Gasteiger charge is -2.20. The second-order valence-electron chi connectivity index (χ2n) is 8.77. The Hall–Kier alpha value is -3.12. The molecule has 0 bridgehead atoms. The lowest BCUT2D eigenvalue weighted by atomic mass is 9.91. The highest BCUT2D eigenvalue weighted by Crippen LogP contribution is 2.43. The van der Waals surface area contributed by atoms with Crippen LogP contribution in [0.2, 0.25) is 10.0 Å². The van der Waals surface area contributed by atoms with E-state index in [2.05, 4.69) is 5.16 Å². The maximum absolute atomic E-state index is 13.3. The molecular weight excluding hydrogens is 488 g/mol. The Bertz CT molecular complexity index is 1410. The van der Waals surface area contributed by atoms with E-state index in [9.17, 15) is 9.50 Å². The zero-order chi connectivity index (χ0) is 24.7. The molecule has 1 aliphatic heterocycles. The van der Waals surface area contributed by atoms with E-state index in [4.69, 9.17) is 32.5 Å². The summed E-state index contributed by atoms with van der Waals surface area (Å²) in [5.74, 6) is 0.891. The molecule has 4 nitrogen and oxygen atoms in total. The molecule has 1 N–H and O–H groups in total. The molecule has 7 heteroatoms. The highest BCUT2D eigenvalue weighted by Gasteiger charge is 2.29. The molecule has 4 aromatic rings. The Balaban J connectivity index is 1.51. The number of nitrogens with zero attached hydrogens (tertiary/aromatic N) is 1. The molecule has 0 saturated heterocycles. The van der Waals surface area contributed by atoms with Crippen molar-refractivity contribution < 1.29 is 18.8 Å². The number of aliphatic hydroxyl groups is 1. The summed E-state index contributed by atoms with van der Waals surface area (Å²) in [6.45, 7) is 3.93. The van der Waals surface area contributed by atoms with E-state index >= 15 is 0 Å². The molecule has 5 rings (SSSR count). The zero-order valence-corrected chi connectivity index (χ0v) is 20.6. The van der Waals surface area contributed by atoms with E-state index in [1.165, 1.54) is 12.1 Å². The van der Waals surface area contributed by atoms with Gasteiger partial charge < -0.3 is 14.4 Å². The second kappa shape index (κ2) is 9.50. The summed E-state index contributed by atoms with van der Waals surface area (Å²) >= 11 is 12.9. The molecule has 0 amide bonds. The minimum atomic E-state index is -1.04. The van der Waals surface area contributed by atoms with Crippen LogP contribution in [0.4, 0.5) is 4.39 Å². The largest absolute Gasteiger partial charge is 0.464 e.